The van der Waals surface area contributed by atoms with E-state index in [9.17, 15) is 0 Å². The molecule has 1 aliphatic carbocycles. The summed E-state index contributed by atoms with van der Waals surface area (Å²) in [5, 5.41) is 11.3. The number of thiophene rings is 1. The van der Waals surface area contributed by atoms with Crippen LogP contribution in [0.5, 0.6) is 0 Å². The van der Waals surface area contributed by atoms with Crippen molar-refractivity contribution in [3.05, 3.63) is 46.1 Å². The first-order valence-corrected chi connectivity index (χ1v) is 9.82. The van der Waals surface area contributed by atoms with Crippen molar-refractivity contribution in [3.8, 4) is 11.5 Å². The van der Waals surface area contributed by atoms with E-state index in [1.165, 1.54) is 28.6 Å². The van der Waals surface area contributed by atoms with Crippen molar-refractivity contribution < 1.29 is 4.42 Å². The van der Waals surface area contributed by atoms with Crippen molar-refractivity contribution in [1.29, 1.82) is 0 Å². The predicted octanol–water partition coefficient (Wildman–Crippen LogP) is 5.03. The second kappa shape index (κ2) is 6.09. The SMILES string of the molecule is Clc1ccccc1-c1nnc(Sc2ncnc3sc4c(c23)CCC4)o1. The number of aryl methyl sites for hydroxylation is 2. The Morgan fingerprint density at radius 3 is 2.96 bits per heavy atom. The molecule has 1 aromatic carbocycles. The second-order valence-electron chi connectivity index (χ2n) is 5.67. The molecule has 0 unspecified atom stereocenters. The van der Waals surface area contributed by atoms with Crippen LogP contribution in [-0.4, -0.2) is 20.2 Å². The van der Waals surface area contributed by atoms with E-state index in [0.717, 1.165) is 33.6 Å². The minimum atomic E-state index is 0.411. The van der Waals surface area contributed by atoms with Gasteiger partial charge in [-0.15, -0.1) is 21.5 Å². The lowest BCUT2D eigenvalue weighted by molar-refractivity contribution is 0.465. The Morgan fingerprint density at radius 1 is 1.12 bits per heavy atom. The lowest BCUT2D eigenvalue weighted by Gasteiger charge is -2.00. The van der Waals surface area contributed by atoms with Crippen LogP contribution in [0.1, 0.15) is 16.9 Å². The quantitative estimate of drug-likeness (QED) is 0.460. The van der Waals surface area contributed by atoms with Gasteiger partial charge in [0, 0.05) is 10.3 Å². The molecule has 5 nitrogen and oxygen atoms in total. The highest BCUT2D eigenvalue weighted by atomic mass is 35.5. The number of aromatic nitrogens is 4. The molecule has 0 amide bonds. The molecule has 3 aromatic heterocycles. The number of fused-ring (bicyclic) bond motifs is 3. The average molecular weight is 387 g/mol. The van der Waals surface area contributed by atoms with E-state index in [-0.39, 0.29) is 0 Å². The molecular formula is C17H11ClN4OS2. The standard InChI is InChI=1S/C17H11ClN4OS2/c18-11-6-2-1-4-9(11)14-21-22-17(23-14)25-16-13-10-5-3-7-12(10)24-15(13)19-8-20-16/h1-2,4,6,8H,3,5,7H2. The Morgan fingerprint density at radius 2 is 2.04 bits per heavy atom. The number of rotatable bonds is 3. The van der Waals surface area contributed by atoms with Gasteiger partial charge in [0.1, 0.15) is 16.2 Å². The lowest BCUT2D eigenvalue weighted by Crippen LogP contribution is -1.87. The van der Waals surface area contributed by atoms with E-state index in [4.69, 9.17) is 16.0 Å². The van der Waals surface area contributed by atoms with Gasteiger partial charge >= 0.3 is 0 Å². The number of hydrogen-bond donors (Lipinski definition) is 0. The predicted molar refractivity (Wildman–Crippen MR) is 98.3 cm³/mol. The van der Waals surface area contributed by atoms with Crippen molar-refractivity contribution in [1.82, 2.24) is 20.2 Å². The molecule has 0 N–H and O–H groups in total. The molecule has 8 heteroatoms. The number of nitrogens with zero attached hydrogens (tertiary/aromatic N) is 4. The van der Waals surface area contributed by atoms with Gasteiger partial charge in [0.05, 0.1) is 10.6 Å². The Kier molecular flexibility index (Phi) is 3.73. The van der Waals surface area contributed by atoms with Crippen molar-refractivity contribution >= 4 is 44.9 Å². The molecular weight excluding hydrogens is 376 g/mol. The third kappa shape index (κ3) is 2.63. The van der Waals surface area contributed by atoms with Gasteiger partial charge in [0.2, 0.25) is 5.89 Å². The highest BCUT2D eigenvalue weighted by Crippen LogP contribution is 2.41. The monoisotopic (exact) mass is 386 g/mol. The summed E-state index contributed by atoms with van der Waals surface area (Å²) in [7, 11) is 0. The summed E-state index contributed by atoms with van der Waals surface area (Å²) in [4.78, 5) is 11.3. The summed E-state index contributed by atoms with van der Waals surface area (Å²) in [6, 6.07) is 7.42. The molecule has 0 saturated heterocycles. The van der Waals surface area contributed by atoms with Gasteiger partial charge in [-0.3, -0.25) is 0 Å². The molecule has 0 saturated carbocycles. The fourth-order valence-corrected chi connectivity index (χ4v) is 5.35. The van der Waals surface area contributed by atoms with Crippen molar-refractivity contribution in [2.75, 3.05) is 0 Å². The summed E-state index contributed by atoms with van der Waals surface area (Å²) in [6.07, 6.45) is 5.03. The van der Waals surface area contributed by atoms with Gasteiger partial charge in [-0.2, -0.15) is 0 Å². The van der Waals surface area contributed by atoms with Gasteiger partial charge in [-0.1, -0.05) is 23.7 Å². The van der Waals surface area contributed by atoms with Crippen LogP contribution in [0.15, 0.2) is 45.3 Å². The van der Waals surface area contributed by atoms with Gasteiger partial charge in [-0.25, -0.2) is 9.97 Å². The molecule has 124 valence electrons. The maximum Gasteiger partial charge on any atom is 0.283 e. The van der Waals surface area contributed by atoms with Gasteiger partial charge in [0.25, 0.3) is 5.22 Å². The molecule has 0 spiro atoms. The highest BCUT2D eigenvalue weighted by molar-refractivity contribution is 7.99. The molecule has 0 aliphatic heterocycles. The third-order valence-electron chi connectivity index (χ3n) is 4.16. The fourth-order valence-electron chi connectivity index (χ4n) is 3.05. The fraction of sp³-hybridized carbons (Fsp3) is 0.176. The Balaban J connectivity index is 1.53. The largest absolute Gasteiger partial charge is 0.411 e. The van der Waals surface area contributed by atoms with E-state index in [1.54, 1.807) is 23.7 Å². The van der Waals surface area contributed by atoms with E-state index in [0.29, 0.717) is 16.1 Å². The average Bonchev–Trinajstić information content (AvgIpc) is 3.31. The van der Waals surface area contributed by atoms with Crippen LogP contribution >= 0.6 is 34.7 Å². The molecule has 1 aliphatic rings. The molecule has 25 heavy (non-hydrogen) atoms. The minimum Gasteiger partial charge on any atom is -0.411 e. The topological polar surface area (TPSA) is 64.7 Å². The number of hydrogen-bond acceptors (Lipinski definition) is 7. The molecule has 4 aromatic rings. The summed E-state index contributed by atoms with van der Waals surface area (Å²) < 4.78 is 5.80. The first-order chi connectivity index (χ1) is 12.3. The molecule has 0 bridgehead atoms. The zero-order chi connectivity index (χ0) is 16.8. The molecule has 0 radical (unpaired) electrons. The van der Waals surface area contributed by atoms with Crippen LogP contribution < -0.4 is 0 Å². The normalized spacial score (nSPS) is 13.5. The Labute approximate surface area is 156 Å². The van der Waals surface area contributed by atoms with Crippen LogP contribution in [0, 0.1) is 0 Å². The molecule has 0 fully saturated rings. The molecule has 5 rings (SSSR count). The van der Waals surface area contributed by atoms with Crippen LogP contribution in [0.25, 0.3) is 21.7 Å². The van der Waals surface area contributed by atoms with Crippen LogP contribution in [0.4, 0.5) is 0 Å². The van der Waals surface area contributed by atoms with Gasteiger partial charge in [-0.05, 0) is 48.7 Å². The van der Waals surface area contributed by atoms with Crippen molar-refractivity contribution in [3.63, 3.8) is 0 Å². The van der Waals surface area contributed by atoms with Crippen LogP contribution in [0.2, 0.25) is 5.02 Å². The second-order valence-corrected chi connectivity index (χ2v) is 8.10. The minimum absolute atomic E-state index is 0.411. The Hall–Kier alpha value is -1.96. The van der Waals surface area contributed by atoms with Gasteiger partial charge in [0.15, 0.2) is 0 Å². The van der Waals surface area contributed by atoms with Crippen molar-refractivity contribution in [2.45, 2.75) is 29.5 Å². The van der Waals surface area contributed by atoms with E-state index in [2.05, 4.69) is 20.2 Å². The summed E-state index contributed by atoms with van der Waals surface area (Å²) in [5.74, 6) is 0.411. The Bertz CT molecular complexity index is 1090. The van der Waals surface area contributed by atoms with E-state index < -0.39 is 0 Å². The lowest BCUT2D eigenvalue weighted by atomic mass is 10.2. The van der Waals surface area contributed by atoms with Crippen molar-refractivity contribution in [2.24, 2.45) is 0 Å². The first-order valence-electron chi connectivity index (χ1n) is 7.81. The number of halogens is 1. The third-order valence-corrected chi connectivity index (χ3v) is 6.53. The van der Waals surface area contributed by atoms with Crippen LogP contribution in [0.3, 0.4) is 0 Å². The molecule has 0 atom stereocenters. The molecule has 3 heterocycles. The first kappa shape index (κ1) is 15.3. The zero-order valence-electron chi connectivity index (χ0n) is 12.9. The zero-order valence-corrected chi connectivity index (χ0v) is 15.3. The number of benzene rings is 1. The summed E-state index contributed by atoms with van der Waals surface area (Å²) in [6.45, 7) is 0. The summed E-state index contributed by atoms with van der Waals surface area (Å²) in [5.41, 5.74) is 2.11. The van der Waals surface area contributed by atoms with Crippen LogP contribution in [-0.2, 0) is 12.8 Å². The van der Waals surface area contributed by atoms with E-state index >= 15 is 0 Å². The van der Waals surface area contributed by atoms with Gasteiger partial charge < -0.3 is 4.42 Å². The highest BCUT2D eigenvalue weighted by Gasteiger charge is 2.22. The smallest absolute Gasteiger partial charge is 0.283 e. The summed E-state index contributed by atoms with van der Waals surface area (Å²) >= 11 is 9.35. The van der Waals surface area contributed by atoms with E-state index in [1.807, 2.05) is 18.2 Å². The maximum absolute atomic E-state index is 6.20. The maximum atomic E-state index is 6.20.